The molecule has 158 valence electrons. The summed E-state index contributed by atoms with van der Waals surface area (Å²) >= 11 is 0. The van der Waals surface area contributed by atoms with Gasteiger partial charge >= 0.3 is 0 Å². The zero-order chi connectivity index (χ0) is 21.9. The molecule has 0 aliphatic heterocycles. The number of benzene rings is 2. The van der Waals surface area contributed by atoms with Gasteiger partial charge in [0, 0.05) is 29.7 Å². The first-order valence-corrected chi connectivity index (χ1v) is 10.5. The van der Waals surface area contributed by atoms with Crippen molar-refractivity contribution in [3.8, 4) is 5.69 Å². The lowest BCUT2D eigenvalue weighted by Gasteiger charge is -2.10. The Labute approximate surface area is 185 Å². The third-order valence-electron chi connectivity index (χ3n) is 5.26. The van der Waals surface area contributed by atoms with Crippen LogP contribution in [0.2, 0.25) is 0 Å². The van der Waals surface area contributed by atoms with Crippen LogP contribution in [0.4, 0.5) is 11.4 Å². The first-order chi connectivity index (χ1) is 15.7. The average molecular weight is 423 g/mol. The Morgan fingerprint density at radius 1 is 0.844 bits per heavy atom. The molecule has 2 aromatic heterocycles. The third-order valence-corrected chi connectivity index (χ3v) is 5.26. The molecule has 2 aromatic carbocycles. The molecule has 7 nitrogen and oxygen atoms in total. The topological polar surface area (TPSA) is 88.9 Å². The largest absolute Gasteiger partial charge is 0.322 e. The summed E-state index contributed by atoms with van der Waals surface area (Å²) in [6.07, 6.45) is 5.32. The molecule has 2 amide bonds. The minimum atomic E-state index is -0.266. The van der Waals surface area contributed by atoms with Crippen molar-refractivity contribution in [2.45, 2.75) is 18.8 Å². The number of anilines is 2. The number of aromatic nitrogens is 3. The molecule has 0 atom stereocenters. The van der Waals surface area contributed by atoms with Crippen molar-refractivity contribution in [3.05, 3.63) is 102 Å². The van der Waals surface area contributed by atoms with E-state index in [9.17, 15) is 9.59 Å². The fourth-order valence-corrected chi connectivity index (χ4v) is 3.48. The number of pyridine rings is 1. The molecular formula is C25H21N5O2. The van der Waals surface area contributed by atoms with Gasteiger partial charge in [-0.05, 0) is 61.4 Å². The molecule has 1 aliphatic rings. The average Bonchev–Trinajstić information content (AvgIpc) is 3.58. The zero-order valence-electron chi connectivity index (χ0n) is 17.2. The fourth-order valence-electron chi connectivity index (χ4n) is 3.48. The van der Waals surface area contributed by atoms with Gasteiger partial charge in [0.2, 0.25) is 0 Å². The molecule has 7 heteroatoms. The number of nitrogens with one attached hydrogen (secondary N) is 2. The van der Waals surface area contributed by atoms with Crippen LogP contribution in [0.5, 0.6) is 0 Å². The molecule has 32 heavy (non-hydrogen) atoms. The Kier molecular flexibility index (Phi) is 5.21. The highest BCUT2D eigenvalue weighted by Crippen LogP contribution is 2.39. The number of hydrogen-bond acceptors (Lipinski definition) is 4. The molecular weight excluding hydrogens is 402 g/mol. The predicted molar refractivity (Wildman–Crippen MR) is 122 cm³/mol. The maximum absolute atomic E-state index is 13.2. The summed E-state index contributed by atoms with van der Waals surface area (Å²) in [4.78, 5) is 29.5. The van der Waals surface area contributed by atoms with Gasteiger partial charge in [0.25, 0.3) is 11.8 Å². The minimum Gasteiger partial charge on any atom is -0.322 e. The van der Waals surface area contributed by atoms with Crippen LogP contribution >= 0.6 is 0 Å². The molecule has 1 aliphatic carbocycles. The van der Waals surface area contributed by atoms with Gasteiger partial charge < -0.3 is 10.6 Å². The second-order valence-electron chi connectivity index (χ2n) is 7.71. The van der Waals surface area contributed by atoms with Gasteiger partial charge in [0.15, 0.2) is 0 Å². The molecule has 1 saturated carbocycles. The number of hydrogen-bond donors (Lipinski definition) is 2. The number of para-hydroxylation sites is 1. The standard InChI is InChI=1S/C25H21N5O2/c31-24(18-6-5-13-26-16-18)27-19-7-4-8-20(14-19)28-25(32)23-15-22(17-11-12-17)29-30(23)21-9-2-1-3-10-21/h1-10,13-17H,11-12H2,(H,27,31)(H,28,32). The second-order valence-corrected chi connectivity index (χ2v) is 7.71. The molecule has 0 bridgehead atoms. The van der Waals surface area contributed by atoms with E-state index in [2.05, 4.69) is 20.7 Å². The van der Waals surface area contributed by atoms with E-state index in [1.807, 2.05) is 36.4 Å². The van der Waals surface area contributed by atoms with Crippen molar-refractivity contribution in [1.29, 1.82) is 0 Å². The molecule has 2 N–H and O–H groups in total. The number of amides is 2. The van der Waals surface area contributed by atoms with E-state index in [0.29, 0.717) is 28.6 Å². The summed E-state index contributed by atoms with van der Waals surface area (Å²) in [6.45, 7) is 0. The SMILES string of the molecule is O=C(Nc1cccc(NC(=O)c2cc(C3CC3)nn2-c2ccccc2)c1)c1cccnc1. The zero-order valence-corrected chi connectivity index (χ0v) is 17.2. The highest BCUT2D eigenvalue weighted by molar-refractivity contribution is 6.06. The molecule has 0 saturated heterocycles. The molecule has 1 fully saturated rings. The van der Waals surface area contributed by atoms with Gasteiger partial charge in [-0.15, -0.1) is 0 Å². The Bertz CT molecular complexity index is 1260. The van der Waals surface area contributed by atoms with Gasteiger partial charge in [0.05, 0.1) is 16.9 Å². The normalized spacial score (nSPS) is 12.9. The van der Waals surface area contributed by atoms with Crippen LogP contribution in [0, 0.1) is 0 Å². The van der Waals surface area contributed by atoms with Crippen molar-refractivity contribution in [2.24, 2.45) is 0 Å². The number of nitrogens with zero attached hydrogens (tertiary/aromatic N) is 3. The summed E-state index contributed by atoms with van der Waals surface area (Å²) in [5.74, 6) is -0.0978. The van der Waals surface area contributed by atoms with Gasteiger partial charge in [-0.25, -0.2) is 4.68 Å². The molecule has 2 heterocycles. The van der Waals surface area contributed by atoms with Crippen LogP contribution in [0.25, 0.3) is 5.69 Å². The number of carbonyl (C=O) groups is 2. The Morgan fingerprint density at radius 3 is 2.28 bits per heavy atom. The Morgan fingerprint density at radius 2 is 1.59 bits per heavy atom. The van der Waals surface area contributed by atoms with Crippen LogP contribution in [0.1, 0.15) is 45.3 Å². The first-order valence-electron chi connectivity index (χ1n) is 10.5. The van der Waals surface area contributed by atoms with E-state index in [4.69, 9.17) is 0 Å². The molecule has 4 aromatic rings. The van der Waals surface area contributed by atoms with Crippen LogP contribution in [-0.2, 0) is 0 Å². The molecule has 0 radical (unpaired) electrons. The maximum atomic E-state index is 13.2. The predicted octanol–water partition coefficient (Wildman–Crippen LogP) is 4.65. The van der Waals surface area contributed by atoms with Gasteiger partial charge in [-0.2, -0.15) is 5.10 Å². The van der Waals surface area contributed by atoms with Gasteiger partial charge in [-0.3, -0.25) is 14.6 Å². The monoisotopic (exact) mass is 423 g/mol. The van der Waals surface area contributed by atoms with Gasteiger partial charge in [0.1, 0.15) is 5.69 Å². The van der Waals surface area contributed by atoms with Crippen LogP contribution < -0.4 is 10.6 Å². The van der Waals surface area contributed by atoms with E-state index >= 15 is 0 Å². The minimum absolute atomic E-state index is 0.260. The van der Waals surface area contributed by atoms with Crippen molar-refractivity contribution in [2.75, 3.05) is 10.6 Å². The highest BCUT2D eigenvalue weighted by atomic mass is 16.2. The number of carbonyl (C=O) groups excluding carboxylic acids is 2. The van der Waals surface area contributed by atoms with Crippen molar-refractivity contribution in [1.82, 2.24) is 14.8 Å². The lowest BCUT2D eigenvalue weighted by molar-refractivity contribution is 0.101. The van der Waals surface area contributed by atoms with E-state index < -0.39 is 0 Å². The quantitative estimate of drug-likeness (QED) is 0.472. The van der Waals surface area contributed by atoms with Crippen LogP contribution in [0.15, 0.2) is 85.2 Å². The van der Waals surface area contributed by atoms with Gasteiger partial charge in [-0.1, -0.05) is 24.3 Å². The van der Waals surface area contributed by atoms with E-state index in [1.165, 1.54) is 6.20 Å². The van der Waals surface area contributed by atoms with Crippen LogP contribution in [0.3, 0.4) is 0 Å². The number of rotatable bonds is 6. The summed E-state index contributed by atoms with van der Waals surface area (Å²) < 4.78 is 1.69. The summed E-state index contributed by atoms with van der Waals surface area (Å²) in [7, 11) is 0. The smallest absolute Gasteiger partial charge is 0.274 e. The second kappa shape index (κ2) is 8.47. The van der Waals surface area contributed by atoms with E-state index in [-0.39, 0.29) is 11.8 Å². The highest BCUT2D eigenvalue weighted by Gasteiger charge is 2.29. The van der Waals surface area contributed by atoms with Crippen molar-refractivity contribution >= 4 is 23.2 Å². The fraction of sp³-hybridized carbons (Fsp3) is 0.120. The summed E-state index contributed by atoms with van der Waals surface area (Å²) in [5.41, 5.74) is 3.86. The summed E-state index contributed by atoms with van der Waals surface area (Å²) in [6, 6.07) is 21.9. The van der Waals surface area contributed by atoms with Crippen molar-refractivity contribution < 1.29 is 9.59 Å². The first kappa shape index (κ1) is 19.7. The maximum Gasteiger partial charge on any atom is 0.274 e. The van der Waals surface area contributed by atoms with Crippen LogP contribution in [-0.4, -0.2) is 26.6 Å². The molecule has 0 spiro atoms. The lowest BCUT2D eigenvalue weighted by atomic mass is 10.2. The van der Waals surface area contributed by atoms with E-state index in [1.54, 1.807) is 47.3 Å². The van der Waals surface area contributed by atoms with Crippen molar-refractivity contribution in [3.63, 3.8) is 0 Å². The van der Waals surface area contributed by atoms with E-state index in [0.717, 1.165) is 24.2 Å². The third kappa shape index (κ3) is 4.27. The Hall–Kier alpha value is -4.26. The summed E-state index contributed by atoms with van der Waals surface area (Å²) in [5, 5.41) is 10.4. The lowest BCUT2D eigenvalue weighted by Crippen LogP contribution is -2.17. The molecule has 5 rings (SSSR count). The Balaban J connectivity index is 1.36. The molecule has 0 unspecified atom stereocenters.